The van der Waals surface area contributed by atoms with Gasteiger partial charge in [0.15, 0.2) is 11.6 Å². The monoisotopic (exact) mass is 292 g/mol. The van der Waals surface area contributed by atoms with E-state index in [1.165, 1.54) is 12.3 Å². The van der Waals surface area contributed by atoms with Gasteiger partial charge in [-0.2, -0.15) is 0 Å². The molecule has 2 fully saturated rings. The maximum absolute atomic E-state index is 14.0. The van der Waals surface area contributed by atoms with Crippen LogP contribution in [0.25, 0.3) is 0 Å². The van der Waals surface area contributed by atoms with Crippen LogP contribution in [-0.2, 0) is 0 Å². The van der Waals surface area contributed by atoms with Crippen LogP contribution in [0, 0.1) is 11.7 Å². The Morgan fingerprint density at radius 2 is 2.24 bits per heavy atom. The molecule has 2 unspecified atom stereocenters. The summed E-state index contributed by atoms with van der Waals surface area (Å²) in [4.78, 5) is 20.3. The van der Waals surface area contributed by atoms with Gasteiger partial charge in [0, 0.05) is 25.3 Å². The molecule has 0 aromatic carbocycles. The zero-order chi connectivity index (χ0) is 15.0. The van der Waals surface area contributed by atoms with E-state index >= 15 is 0 Å². The number of halogens is 1. The van der Waals surface area contributed by atoms with Crippen LogP contribution in [-0.4, -0.2) is 53.4 Å². The van der Waals surface area contributed by atoms with Gasteiger partial charge in [0.2, 0.25) is 0 Å². The fourth-order valence-electron chi connectivity index (χ4n) is 3.63. The van der Waals surface area contributed by atoms with Crippen molar-refractivity contribution in [3.05, 3.63) is 23.6 Å². The highest BCUT2D eigenvalue weighted by Crippen LogP contribution is 2.30. The first-order valence-electron chi connectivity index (χ1n) is 7.47. The third-order valence-corrected chi connectivity index (χ3v) is 4.78. The number of rotatable bonds is 1. The summed E-state index contributed by atoms with van der Waals surface area (Å²) in [6.07, 6.45) is 4.64. The molecule has 0 spiro atoms. The number of carbonyl (C=O) groups is 1. The predicted octanol–water partition coefficient (Wildman–Crippen LogP) is 1.36. The molecule has 0 saturated carbocycles. The van der Waals surface area contributed by atoms with Gasteiger partial charge in [-0.3, -0.25) is 4.79 Å². The number of carbonyl (C=O) groups excluding carboxylic acids is 1. The van der Waals surface area contributed by atoms with Gasteiger partial charge in [0.1, 0.15) is 0 Å². The summed E-state index contributed by atoms with van der Waals surface area (Å²) < 4.78 is 14.0. The highest BCUT2D eigenvalue weighted by molar-refractivity contribution is 5.95. The van der Waals surface area contributed by atoms with E-state index in [-0.39, 0.29) is 17.3 Å². The molecule has 1 aromatic rings. The number of anilines is 1. The summed E-state index contributed by atoms with van der Waals surface area (Å²) in [6.45, 7) is 2.51. The molecule has 2 aliphatic heterocycles. The Morgan fingerprint density at radius 3 is 3.05 bits per heavy atom. The van der Waals surface area contributed by atoms with Crippen LogP contribution in [0.2, 0.25) is 0 Å². The largest absolute Gasteiger partial charge is 0.381 e. The molecule has 2 atom stereocenters. The fourth-order valence-corrected chi connectivity index (χ4v) is 3.63. The van der Waals surface area contributed by atoms with Crippen molar-refractivity contribution in [1.82, 2.24) is 14.8 Å². The Balaban J connectivity index is 1.76. The van der Waals surface area contributed by atoms with Crippen LogP contribution < -0.4 is 5.73 Å². The van der Waals surface area contributed by atoms with E-state index in [2.05, 4.69) is 16.9 Å². The topological polar surface area (TPSA) is 62.5 Å². The van der Waals surface area contributed by atoms with Crippen LogP contribution in [0.4, 0.5) is 10.2 Å². The smallest absolute Gasteiger partial charge is 0.257 e. The number of likely N-dealkylation sites (tertiary alicyclic amines) is 2. The van der Waals surface area contributed by atoms with E-state index in [9.17, 15) is 9.18 Å². The second kappa shape index (κ2) is 5.60. The van der Waals surface area contributed by atoms with E-state index in [0.717, 1.165) is 25.8 Å². The van der Waals surface area contributed by atoms with Crippen LogP contribution in [0.15, 0.2) is 12.3 Å². The standard InChI is InChI=1S/C15H21FN4O/c1-19-7-2-3-10-9-20(8-5-12(10)19)15(21)11-4-6-18-14(17)13(11)16/h4,6,10,12H,2-3,5,7-9H2,1H3,(H2,17,18). The average molecular weight is 292 g/mol. The van der Waals surface area contributed by atoms with E-state index in [1.807, 2.05) is 0 Å². The van der Waals surface area contributed by atoms with Crippen molar-refractivity contribution in [2.45, 2.75) is 25.3 Å². The van der Waals surface area contributed by atoms with Crippen LogP contribution in [0.3, 0.4) is 0 Å². The Labute approximate surface area is 123 Å². The minimum Gasteiger partial charge on any atom is -0.381 e. The van der Waals surface area contributed by atoms with Crippen LogP contribution in [0.5, 0.6) is 0 Å². The van der Waals surface area contributed by atoms with E-state index in [4.69, 9.17) is 5.73 Å². The van der Waals surface area contributed by atoms with Gasteiger partial charge >= 0.3 is 0 Å². The zero-order valence-corrected chi connectivity index (χ0v) is 12.3. The molecule has 5 nitrogen and oxygen atoms in total. The lowest BCUT2D eigenvalue weighted by Crippen LogP contribution is -2.54. The molecular weight excluding hydrogens is 271 g/mol. The summed E-state index contributed by atoms with van der Waals surface area (Å²) in [6, 6.07) is 1.96. The summed E-state index contributed by atoms with van der Waals surface area (Å²) >= 11 is 0. The number of nitrogens with zero attached hydrogens (tertiary/aromatic N) is 3. The number of nitrogens with two attached hydrogens (primary N) is 1. The molecule has 2 aliphatic rings. The average Bonchev–Trinajstić information content (AvgIpc) is 2.49. The molecule has 3 rings (SSSR count). The van der Waals surface area contributed by atoms with Crippen molar-refractivity contribution < 1.29 is 9.18 Å². The minimum atomic E-state index is -0.703. The first kappa shape index (κ1) is 14.3. The summed E-state index contributed by atoms with van der Waals surface area (Å²) in [5, 5.41) is 0. The number of fused-ring (bicyclic) bond motifs is 1. The molecule has 3 heterocycles. The predicted molar refractivity (Wildman–Crippen MR) is 78.3 cm³/mol. The maximum atomic E-state index is 14.0. The second-order valence-corrected chi connectivity index (χ2v) is 6.05. The third kappa shape index (κ3) is 2.60. The summed E-state index contributed by atoms with van der Waals surface area (Å²) in [7, 11) is 2.15. The van der Waals surface area contributed by atoms with Crippen LogP contribution >= 0.6 is 0 Å². The Bertz CT molecular complexity index is 550. The maximum Gasteiger partial charge on any atom is 0.257 e. The van der Waals surface area contributed by atoms with Crippen molar-refractivity contribution in [1.29, 1.82) is 0 Å². The van der Waals surface area contributed by atoms with E-state index in [0.29, 0.717) is 25.0 Å². The fraction of sp³-hybridized carbons (Fsp3) is 0.600. The molecule has 2 N–H and O–H groups in total. The highest BCUT2D eigenvalue weighted by Gasteiger charge is 2.36. The minimum absolute atomic E-state index is 0.0325. The molecule has 2 saturated heterocycles. The quantitative estimate of drug-likeness (QED) is 0.849. The second-order valence-electron chi connectivity index (χ2n) is 6.05. The van der Waals surface area contributed by atoms with E-state index in [1.54, 1.807) is 4.90 Å². The Hall–Kier alpha value is -1.69. The van der Waals surface area contributed by atoms with Gasteiger partial charge in [0.05, 0.1) is 5.56 Å². The SMILES string of the molecule is CN1CCCC2CN(C(=O)c3ccnc(N)c3F)CCC21. The lowest BCUT2D eigenvalue weighted by Gasteiger charge is -2.46. The molecule has 0 bridgehead atoms. The number of hydrogen-bond acceptors (Lipinski definition) is 4. The number of aromatic nitrogens is 1. The normalized spacial score (nSPS) is 26.5. The lowest BCUT2D eigenvalue weighted by molar-refractivity contribution is 0.0314. The molecule has 0 aliphatic carbocycles. The molecule has 21 heavy (non-hydrogen) atoms. The Morgan fingerprint density at radius 1 is 1.43 bits per heavy atom. The van der Waals surface area contributed by atoms with Gasteiger partial charge in [-0.05, 0) is 44.8 Å². The molecule has 0 radical (unpaired) electrons. The first-order chi connectivity index (χ1) is 10.1. The number of amides is 1. The van der Waals surface area contributed by atoms with Crippen molar-refractivity contribution in [2.75, 3.05) is 32.4 Å². The van der Waals surface area contributed by atoms with E-state index < -0.39 is 5.82 Å². The van der Waals surface area contributed by atoms with Crippen LogP contribution in [0.1, 0.15) is 29.6 Å². The molecule has 1 amide bonds. The molecular formula is C15H21FN4O. The lowest BCUT2D eigenvalue weighted by atomic mass is 9.84. The summed E-state index contributed by atoms with van der Waals surface area (Å²) in [5.74, 6) is -0.699. The van der Waals surface area contributed by atoms with Gasteiger partial charge in [-0.25, -0.2) is 9.37 Å². The Kier molecular flexibility index (Phi) is 3.80. The number of hydrogen-bond donors (Lipinski definition) is 1. The first-order valence-corrected chi connectivity index (χ1v) is 7.47. The van der Waals surface area contributed by atoms with Gasteiger partial charge < -0.3 is 15.5 Å². The van der Waals surface area contributed by atoms with Gasteiger partial charge in [-0.1, -0.05) is 0 Å². The van der Waals surface area contributed by atoms with Crippen molar-refractivity contribution in [2.24, 2.45) is 5.92 Å². The number of pyridine rings is 1. The third-order valence-electron chi connectivity index (χ3n) is 4.78. The number of nitrogen functional groups attached to an aromatic ring is 1. The summed E-state index contributed by atoms with van der Waals surface area (Å²) in [5.41, 5.74) is 5.48. The van der Waals surface area contributed by atoms with Crippen molar-refractivity contribution in [3.63, 3.8) is 0 Å². The number of piperidine rings is 2. The highest BCUT2D eigenvalue weighted by atomic mass is 19.1. The van der Waals surface area contributed by atoms with Gasteiger partial charge in [0.25, 0.3) is 5.91 Å². The molecule has 6 heteroatoms. The van der Waals surface area contributed by atoms with Crippen molar-refractivity contribution >= 4 is 11.7 Å². The van der Waals surface area contributed by atoms with Gasteiger partial charge in [-0.15, -0.1) is 0 Å². The molecule has 114 valence electrons. The van der Waals surface area contributed by atoms with Crippen molar-refractivity contribution in [3.8, 4) is 0 Å². The zero-order valence-electron chi connectivity index (χ0n) is 12.3. The molecule has 1 aromatic heterocycles.